The molecule has 0 N–H and O–H groups in total. The molecule has 0 saturated heterocycles. The molecule has 0 bridgehead atoms. The third kappa shape index (κ3) is 4.22. The zero-order valence-corrected chi connectivity index (χ0v) is 12.8. The van der Waals surface area contributed by atoms with Gasteiger partial charge >= 0.3 is 0 Å². The second-order valence-corrected chi connectivity index (χ2v) is 6.01. The van der Waals surface area contributed by atoms with Crippen molar-refractivity contribution in [2.24, 2.45) is 5.92 Å². The van der Waals surface area contributed by atoms with Crippen LogP contribution in [-0.4, -0.2) is 18.0 Å². The van der Waals surface area contributed by atoms with Crippen molar-refractivity contribution < 1.29 is 4.74 Å². The number of alkyl halides is 1. The highest BCUT2D eigenvalue weighted by atomic mass is 35.5. The SMILES string of the molecule is COc1cccc(CC(CCl)Cc2csc(C)n2)c1. The molecule has 0 spiro atoms. The van der Waals surface area contributed by atoms with Crippen molar-refractivity contribution in [3.05, 3.63) is 45.9 Å². The molecule has 19 heavy (non-hydrogen) atoms. The number of nitrogens with zero attached hydrogens (tertiary/aromatic N) is 1. The van der Waals surface area contributed by atoms with Crippen LogP contribution in [0.2, 0.25) is 0 Å². The lowest BCUT2D eigenvalue weighted by Crippen LogP contribution is -2.10. The first kappa shape index (κ1) is 14.4. The number of rotatable bonds is 6. The Morgan fingerprint density at radius 2 is 2.21 bits per heavy atom. The third-order valence-electron chi connectivity index (χ3n) is 3.04. The summed E-state index contributed by atoms with van der Waals surface area (Å²) in [6.45, 7) is 2.03. The van der Waals surface area contributed by atoms with Gasteiger partial charge in [-0.3, -0.25) is 0 Å². The van der Waals surface area contributed by atoms with Crippen LogP contribution in [0.15, 0.2) is 29.6 Å². The number of hydrogen-bond donors (Lipinski definition) is 0. The first-order valence-corrected chi connectivity index (χ1v) is 7.72. The van der Waals surface area contributed by atoms with E-state index in [4.69, 9.17) is 16.3 Å². The molecule has 1 unspecified atom stereocenters. The molecule has 0 saturated carbocycles. The average Bonchev–Trinajstić information content (AvgIpc) is 2.83. The Bertz CT molecular complexity index is 526. The first-order valence-electron chi connectivity index (χ1n) is 6.31. The van der Waals surface area contributed by atoms with Gasteiger partial charge in [0.05, 0.1) is 17.8 Å². The van der Waals surface area contributed by atoms with E-state index in [9.17, 15) is 0 Å². The lowest BCUT2D eigenvalue weighted by atomic mass is 9.96. The van der Waals surface area contributed by atoms with E-state index in [1.54, 1.807) is 18.4 Å². The summed E-state index contributed by atoms with van der Waals surface area (Å²) in [5.41, 5.74) is 2.41. The second-order valence-electron chi connectivity index (χ2n) is 4.64. The van der Waals surface area contributed by atoms with Crippen LogP contribution < -0.4 is 4.74 Å². The molecule has 0 aliphatic rings. The van der Waals surface area contributed by atoms with E-state index < -0.39 is 0 Å². The molecule has 102 valence electrons. The van der Waals surface area contributed by atoms with Crippen LogP contribution in [0.4, 0.5) is 0 Å². The van der Waals surface area contributed by atoms with Crippen molar-refractivity contribution in [1.82, 2.24) is 4.98 Å². The van der Waals surface area contributed by atoms with Gasteiger partial charge in [0.25, 0.3) is 0 Å². The van der Waals surface area contributed by atoms with E-state index in [0.29, 0.717) is 11.8 Å². The van der Waals surface area contributed by atoms with Gasteiger partial charge in [-0.05, 0) is 43.4 Å². The lowest BCUT2D eigenvalue weighted by Gasteiger charge is -2.13. The summed E-state index contributed by atoms with van der Waals surface area (Å²) in [5, 5.41) is 3.24. The van der Waals surface area contributed by atoms with Crippen molar-refractivity contribution in [2.45, 2.75) is 19.8 Å². The van der Waals surface area contributed by atoms with Crippen LogP contribution in [-0.2, 0) is 12.8 Å². The molecule has 1 aromatic carbocycles. The molecular formula is C15H18ClNOS. The summed E-state index contributed by atoms with van der Waals surface area (Å²) < 4.78 is 5.25. The minimum absolute atomic E-state index is 0.412. The fraction of sp³-hybridized carbons (Fsp3) is 0.400. The van der Waals surface area contributed by atoms with Crippen molar-refractivity contribution in [1.29, 1.82) is 0 Å². The lowest BCUT2D eigenvalue weighted by molar-refractivity contribution is 0.414. The molecule has 0 fully saturated rings. The fourth-order valence-electron chi connectivity index (χ4n) is 2.11. The van der Waals surface area contributed by atoms with E-state index in [2.05, 4.69) is 22.5 Å². The molecule has 4 heteroatoms. The summed E-state index contributed by atoms with van der Waals surface area (Å²) >= 11 is 7.79. The van der Waals surface area contributed by atoms with Crippen LogP contribution in [0, 0.1) is 12.8 Å². The van der Waals surface area contributed by atoms with Crippen molar-refractivity contribution in [2.75, 3.05) is 13.0 Å². The van der Waals surface area contributed by atoms with Crippen molar-refractivity contribution in [3.63, 3.8) is 0 Å². The summed E-state index contributed by atoms with van der Waals surface area (Å²) in [4.78, 5) is 4.51. The molecule has 2 nitrogen and oxygen atoms in total. The van der Waals surface area contributed by atoms with Gasteiger partial charge in [-0.15, -0.1) is 22.9 Å². The van der Waals surface area contributed by atoms with Gasteiger partial charge < -0.3 is 4.74 Å². The topological polar surface area (TPSA) is 22.1 Å². The minimum atomic E-state index is 0.412. The van der Waals surface area contributed by atoms with E-state index in [1.165, 1.54) is 5.56 Å². The number of ether oxygens (including phenoxy) is 1. The van der Waals surface area contributed by atoms with E-state index in [1.807, 2.05) is 19.1 Å². The van der Waals surface area contributed by atoms with Gasteiger partial charge in [0.2, 0.25) is 0 Å². The average molecular weight is 296 g/mol. The number of hydrogen-bond acceptors (Lipinski definition) is 3. The summed E-state index contributed by atoms with van der Waals surface area (Å²) in [6, 6.07) is 8.18. The zero-order valence-electron chi connectivity index (χ0n) is 11.2. The summed E-state index contributed by atoms with van der Waals surface area (Å²) in [5.74, 6) is 1.96. The highest BCUT2D eigenvalue weighted by Crippen LogP contribution is 2.20. The smallest absolute Gasteiger partial charge is 0.119 e. The molecule has 0 amide bonds. The molecule has 0 radical (unpaired) electrons. The van der Waals surface area contributed by atoms with Gasteiger partial charge in [0.15, 0.2) is 0 Å². The summed E-state index contributed by atoms with van der Waals surface area (Å²) in [6.07, 6.45) is 1.89. The largest absolute Gasteiger partial charge is 0.497 e. The predicted octanol–water partition coefficient (Wildman–Crippen LogP) is 4.10. The van der Waals surface area contributed by atoms with Crippen LogP contribution in [0.1, 0.15) is 16.3 Å². The molecule has 0 aliphatic carbocycles. The van der Waals surface area contributed by atoms with Crippen LogP contribution in [0.3, 0.4) is 0 Å². The maximum absolute atomic E-state index is 6.09. The third-order valence-corrected chi connectivity index (χ3v) is 4.30. The molecule has 1 heterocycles. The maximum Gasteiger partial charge on any atom is 0.119 e. The number of aromatic nitrogens is 1. The Morgan fingerprint density at radius 1 is 1.37 bits per heavy atom. The molecule has 1 atom stereocenters. The highest BCUT2D eigenvalue weighted by Gasteiger charge is 2.12. The Kier molecular flexibility index (Phi) is 5.23. The number of halogens is 1. The Hall–Kier alpha value is -1.06. The van der Waals surface area contributed by atoms with Crippen molar-refractivity contribution in [3.8, 4) is 5.75 Å². The van der Waals surface area contributed by atoms with Gasteiger partial charge in [-0.25, -0.2) is 4.98 Å². The number of benzene rings is 1. The first-order chi connectivity index (χ1) is 9.21. The second kappa shape index (κ2) is 6.92. The number of aryl methyl sites for hydroxylation is 1. The fourth-order valence-corrected chi connectivity index (χ4v) is 2.96. The van der Waals surface area contributed by atoms with Gasteiger partial charge in [-0.2, -0.15) is 0 Å². The van der Waals surface area contributed by atoms with Crippen LogP contribution in [0.25, 0.3) is 0 Å². The minimum Gasteiger partial charge on any atom is -0.497 e. The number of thiazole rings is 1. The van der Waals surface area contributed by atoms with Gasteiger partial charge in [0.1, 0.15) is 5.75 Å². The standard InChI is InChI=1S/C15H18ClNOS/c1-11-17-14(10-19-11)7-13(9-16)6-12-4-3-5-15(8-12)18-2/h3-5,8,10,13H,6-7,9H2,1-2H3. The maximum atomic E-state index is 6.09. The molecule has 2 aromatic rings. The Labute approximate surface area is 123 Å². The van der Waals surface area contributed by atoms with Crippen LogP contribution in [0.5, 0.6) is 5.75 Å². The van der Waals surface area contributed by atoms with Crippen molar-refractivity contribution >= 4 is 22.9 Å². The molecular weight excluding hydrogens is 278 g/mol. The van der Waals surface area contributed by atoms with E-state index in [0.717, 1.165) is 29.3 Å². The predicted molar refractivity (Wildman–Crippen MR) is 81.5 cm³/mol. The number of methoxy groups -OCH3 is 1. The quantitative estimate of drug-likeness (QED) is 0.749. The zero-order chi connectivity index (χ0) is 13.7. The van der Waals surface area contributed by atoms with Gasteiger partial charge in [-0.1, -0.05) is 12.1 Å². The van der Waals surface area contributed by atoms with E-state index in [-0.39, 0.29) is 0 Å². The summed E-state index contributed by atoms with van der Waals surface area (Å²) in [7, 11) is 1.69. The van der Waals surface area contributed by atoms with Crippen LogP contribution >= 0.6 is 22.9 Å². The Balaban J connectivity index is 2.01. The molecule has 2 rings (SSSR count). The monoisotopic (exact) mass is 295 g/mol. The molecule has 1 aromatic heterocycles. The molecule has 0 aliphatic heterocycles. The highest BCUT2D eigenvalue weighted by molar-refractivity contribution is 7.09. The van der Waals surface area contributed by atoms with E-state index >= 15 is 0 Å². The van der Waals surface area contributed by atoms with Gasteiger partial charge in [0, 0.05) is 11.3 Å². The Morgan fingerprint density at radius 3 is 2.84 bits per heavy atom. The normalized spacial score (nSPS) is 12.4.